The molecule has 0 radical (unpaired) electrons. The smallest absolute Gasteiger partial charge is 0.256 e. The lowest BCUT2D eigenvalue weighted by atomic mass is 9.56. The van der Waals surface area contributed by atoms with Crippen molar-refractivity contribution in [3.63, 3.8) is 0 Å². The van der Waals surface area contributed by atoms with Crippen molar-refractivity contribution < 1.29 is 23.7 Å². The fourth-order valence-electron chi connectivity index (χ4n) is 3.85. The van der Waals surface area contributed by atoms with Gasteiger partial charge in [0.25, 0.3) is 5.79 Å². The third kappa shape index (κ3) is 1.63. The summed E-state index contributed by atoms with van der Waals surface area (Å²) in [6, 6.07) is 7.67. The van der Waals surface area contributed by atoms with Crippen LogP contribution in [0.25, 0.3) is 0 Å². The Morgan fingerprint density at radius 2 is 1.62 bits per heavy atom. The molecular weight excluding hydrogens is 272 g/mol. The van der Waals surface area contributed by atoms with E-state index in [0.29, 0.717) is 6.42 Å². The van der Waals surface area contributed by atoms with Gasteiger partial charge in [0.2, 0.25) is 5.78 Å². The topological polar surface area (TPSA) is 54.0 Å². The molecule has 0 bridgehead atoms. The molecule has 5 heteroatoms. The van der Waals surface area contributed by atoms with Crippen molar-refractivity contribution in [2.24, 2.45) is 5.92 Å². The molecule has 0 N–H and O–H groups in total. The molecule has 21 heavy (non-hydrogen) atoms. The van der Waals surface area contributed by atoms with Crippen LogP contribution in [-0.4, -0.2) is 40.0 Å². The molecule has 0 aromatic heterocycles. The molecule has 2 unspecified atom stereocenters. The van der Waals surface area contributed by atoms with E-state index in [1.807, 2.05) is 24.3 Å². The van der Waals surface area contributed by atoms with Crippen LogP contribution in [0.15, 0.2) is 24.3 Å². The quantitative estimate of drug-likeness (QED) is 0.792. The number of benzene rings is 1. The first-order valence-corrected chi connectivity index (χ1v) is 6.94. The third-order valence-electron chi connectivity index (χ3n) is 4.96. The number of ether oxygens (including phenoxy) is 4. The van der Waals surface area contributed by atoms with Gasteiger partial charge in [-0.1, -0.05) is 24.3 Å². The van der Waals surface area contributed by atoms with Gasteiger partial charge in [0, 0.05) is 52.3 Å². The van der Waals surface area contributed by atoms with E-state index in [-0.39, 0.29) is 17.6 Å². The second-order valence-electron chi connectivity index (χ2n) is 5.48. The lowest BCUT2D eigenvalue weighted by Gasteiger charge is -2.57. The summed E-state index contributed by atoms with van der Waals surface area (Å²) in [5.41, 5.74) is 1.72. The Labute approximate surface area is 124 Å². The molecule has 0 aliphatic heterocycles. The van der Waals surface area contributed by atoms with Gasteiger partial charge in [0.1, 0.15) is 0 Å². The molecule has 2 atom stereocenters. The first kappa shape index (κ1) is 14.7. The van der Waals surface area contributed by atoms with Crippen molar-refractivity contribution in [1.82, 2.24) is 0 Å². The first-order valence-electron chi connectivity index (χ1n) is 6.94. The fourth-order valence-corrected chi connectivity index (χ4v) is 3.85. The maximum atomic E-state index is 12.9. The van der Waals surface area contributed by atoms with Gasteiger partial charge in [-0.2, -0.15) is 0 Å². The molecule has 1 aromatic rings. The molecule has 1 aromatic carbocycles. The van der Waals surface area contributed by atoms with Crippen molar-refractivity contribution in [2.45, 2.75) is 23.9 Å². The number of carbonyl (C=O) groups is 1. The zero-order valence-electron chi connectivity index (χ0n) is 12.7. The number of methoxy groups -OCH3 is 4. The standard InChI is InChI=1S/C16H20O5/c1-18-15(19-2)9-11-13(15)10-7-5-6-8-12(10)16(20-3,21-4)14(11)17/h5-8,11,13H,9H2,1-4H3. The second kappa shape index (κ2) is 4.88. The largest absolute Gasteiger partial charge is 0.353 e. The zero-order chi connectivity index (χ0) is 15.3. The minimum absolute atomic E-state index is 0.0686. The van der Waals surface area contributed by atoms with Gasteiger partial charge in [0.15, 0.2) is 5.79 Å². The Morgan fingerprint density at radius 1 is 1.00 bits per heavy atom. The van der Waals surface area contributed by atoms with Crippen molar-refractivity contribution in [3.8, 4) is 0 Å². The van der Waals surface area contributed by atoms with E-state index < -0.39 is 11.6 Å². The fraction of sp³-hybridized carbons (Fsp3) is 0.562. The predicted molar refractivity (Wildman–Crippen MR) is 74.7 cm³/mol. The van der Waals surface area contributed by atoms with E-state index in [2.05, 4.69) is 0 Å². The van der Waals surface area contributed by atoms with Crippen molar-refractivity contribution >= 4 is 5.78 Å². The maximum Gasteiger partial charge on any atom is 0.256 e. The Morgan fingerprint density at radius 3 is 2.19 bits per heavy atom. The van der Waals surface area contributed by atoms with Gasteiger partial charge in [-0.3, -0.25) is 4.79 Å². The number of hydrogen-bond acceptors (Lipinski definition) is 5. The second-order valence-corrected chi connectivity index (χ2v) is 5.48. The van der Waals surface area contributed by atoms with E-state index in [0.717, 1.165) is 11.1 Å². The Kier molecular flexibility index (Phi) is 3.41. The van der Waals surface area contributed by atoms with Gasteiger partial charge in [-0.05, 0) is 5.56 Å². The summed E-state index contributed by atoms with van der Waals surface area (Å²) in [4.78, 5) is 12.9. The van der Waals surface area contributed by atoms with Crippen LogP contribution < -0.4 is 0 Å². The summed E-state index contributed by atoms with van der Waals surface area (Å²) in [5, 5.41) is 0. The van der Waals surface area contributed by atoms with Crippen LogP contribution in [0.4, 0.5) is 0 Å². The third-order valence-corrected chi connectivity index (χ3v) is 4.96. The number of fused-ring (bicyclic) bond motifs is 3. The van der Waals surface area contributed by atoms with Crippen LogP contribution in [0.1, 0.15) is 23.5 Å². The van der Waals surface area contributed by atoms with Crippen molar-refractivity contribution in [3.05, 3.63) is 35.4 Å². The van der Waals surface area contributed by atoms with Gasteiger partial charge >= 0.3 is 0 Å². The molecule has 0 saturated heterocycles. The molecular formula is C16H20O5. The van der Waals surface area contributed by atoms with Crippen molar-refractivity contribution in [2.75, 3.05) is 28.4 Å². The number of rotatable bonds is 4. The molecule has 0 heterocycles. The van der Waals surface area contributed by atoms with Crippen LogP contribution in [0.2, 0.25) is 0 Å². The lowest BCUT2D eigenvalue weighted by Crippen LogP contribution is -2.64. The Bertz CT molecular complexity index is 560. The first-order chi connectivity index (χ1) is 10.1. The van der Waals surface area contributed by atoms with E-state index in [9.17, 15) is 4.79 Å². The van der Waals surface area contributed by atoms with E-state index in [1.54, 1.807) is 14.2 Å². The number of Topliss-reactive ketones (excluding diaryl/α,β-unsaturated/α-hetero) is 1. The minimum Gasteiger partial charge on any atom is -0.353 e. The average Bonchev–Trinajstić information content (AvgIpc) is 2.50. The van der Waals surface area contributed by atoms with E-state index in [1.165, 1.54) is 14.2 Å². The molecule has 2 aliphatic carbocycles. The summed E-state index contributed by atoms with van der Waals surface area (Å²) in [6.07, 6.45) is 0.506. The molecule has 1 saturated carbocycles. The van der Waals surface area contributed by atoms with E-state index in [4.69, 9.17) is 18.9 Å². The normalized spacial score (nSPS) is 28.5. The van der Waals surface area contributed by atoms with Gasteiger partial charge in [-0.25, -0.2) is 0 Å². The number of ketones is 1. The maximum absolute atomic E-state index is 12.9. The highest BCUT2D eigenvalue weighted by molar-refractivity contribution is 5.94. The molecule has 3 rings (SSSR count). The van der Waals surface area contributed by atoms with Crippen LogP contribution in [0.5, 0.6) is 0 Å². The highest BCUT2D eigenvalue weighted by Gasteiger charge is 2.66. The van der Waals surface area contributed by atoms with Gasteiger partial charge in [0.05, 0.1) is 0 Å². The SMILES string of the molecule is COC1(OC)C(=O)C2CC(OC)(OC)C2c2ccccc21. The predicted octanol–water partition coefficient (Wildman–Crippen LogP) is 1.81. The monoisotopic (exact) mass is 292 g/mol. The lowest BCUT2D eigenvalue weighted by molar-refractivity contribution is -0.297. The van der Waals surface area contributed by atoms with Crippen LogP contribution in [0, 0.1) is 5.92 Å². The van der Waals surface area contributed by atoms with Crippen LogP contribution >= 0.6 is 0 Å². The summed E-state index contributed by atoms with van der Waals surface area (Å²) in [5.74, 6) is -2.49. The summed E-state index contributed by atoms with van der Waals surface area (Å²) < 4.78 is 22.2. The summed E-state index contributed by atoms with van der Waals surface area (Å²) in [6.45, 7) is 0. The molecule has 0 spiro atoms. The van der Waals surface area contributed by atoms with Gasteiger partial charge < -0.3 is 18.9 Å². The zero-order valence-corrected chi connectivity index (χ0v) is 12.7. The summed E-state index contributed by atoms with van der Waals surface area (Å²) >= 11 is 0. The minimum atomic E-state index is -1.33. The Hall–Kier alpha value is -1.27. The molecule has 1 fully saturated rings. The summed E-state index contributed by atoms with van der Waals surface area (Å²) in [7, 11) is 6.22. The molecule has 114 valence electrons. The molecule has 0 amide bonds. The number of hydrogen-bond donors (Lipinski definition) is 0. The van der Waals surface area contributed by atoms with E-state index >= 15 is 0 Å². The molecule has 5 nitrogen and oxygen atoms in total. The highest BCUT2D eigenvalue weighted by Crippen LogP contribution is 2.60. The highest BCUT2D eigenvalue weighted by atomic mass is 16.7. The number of carbonyl (C=O) groups excluding carboxylic acids is 1. The van der Waals surface area contributed by atoms with Crippen LogP contribution in [0.3, 0.4) is 0 Å². The van der Waals surface area contributed by atoms with Crippen LogP contribution in [-0.2, 0) is 29.5 Å². The van der Waals surface area contributed by atoms with Crippen molar-refractivity contribution in [1.29, 1.82) is 0 Å². The average molecular weight is 292 g/mol. The Balaban J connectivity index is 2.19. The van der Waals surface area contributed by atoms with Gasteiger partial charge in [-0.15, -0.1) is 0 Å². The molecule has 2 aliphatic rings.